The number of amides is 2. The fourth-order valence-corrected chi connectivity index (χ4v) is 2.53. The third-order valence-corrected chi connectivity index (χ3v) is 3.56. The van der Waals surface area contributed by atoms with Gasteiger partial charge in [-0.1, -0.05) is 6.07 Å². The molecule has 0 fully saturated rings. The summed E-state index contributed by atoms with van der Waals surface area (Å²) < 4.78 is 15.7. The largest absolute Gasteiger partial charge is 0.496 e. The van der Waals surface area contributed by atoms with Crippen LogP contribution in [0.2, 0.25) is 0 Å². The highest BCUT2D eigenvalue weighted by Gasteiger charge is 2.28. The number of Topliss-reactive ketones (excluding diaryl/α,β-unsaturated/α-hetero) is 1. The van der Waals surface area contributed by atoms with E-state index in [-0.39, 0.29) is 39.8 Å². The van der Waals surface area contributed by atoms with E-state index in [9.17, 15) is 14.4 Å². The van der Waals surface area contributed by atoms with Gasteiger partial charge in [-0.3, -0.25) is 19.7 Å². The van der Waals surface area contributed by atoms with Gasteiger partial charge in [0.1, 0.15) is 28.4 Å². The molecule has 1 heterocycles. The number of methoxy groups -OCH3 is 2. The van der Waals surface area contributed by atoms with Gasteiger partial charge in [-0.25, -0.2) is 0 Å². The quantitative estimate of drug-likeness (QED) is 0.773. The summed E-state index contributed by atoms with van der Waals surface area (Å²) in [5.74, 6) is -1.40. The summed E-state index contributed by atoms with van der Waals surface area (Å²) in [5.41, 5.74) is 5.32. The molecule has 0 saturated heterocycles. The Morgan fingerprint density at radius 1 is 1.04 bits per heavy atom. The van der Waals surface area contributed by atoms with Gasteiger partial charge in [-0.05, 0) is 26.0 Å². The molecule has 0 atom stereocenters. The van der Waals surface area contributed by atoms with Crippen molar-refractivity contribution in [2.45, 2.75) is 13.8 Å². The normalized spacial score (nSPS) is 10.2. The van der Waals surface area contributed by atoms with Crippen LogP contribution < -0.4 is 20.5 Å². The Balaban J connectivity index is 2.52. The molecule has 0 spiro atoms. The molecular weight excluding hydrogens is 328 g/mol. The topological polar surface area (TPSA) is 121 Å². The van der Waals surface area contributed by atoms with Crippen molar-refractivity contribution in [1.29, 1.82) is 0 Å². The number of ether oxygens (including phenoxy) is 2. The van der Waals surface area contributed by atoms with Gasteiger partial charge in [0.25, 0.3) is 11.8 Å². The smallest absolute Gasteiger partial charge is 0.265 e. The van der Waals surface area contributed by atoms with Crippen molar-refractivity contribution in [3.63, 3.8) is 0 Å². The standard InChI is InChI=1S/C17H18N2O6/c1-8(20)12-9(2)25-17(14(12)15(18)21)19-16(22)13-10(23-3)6-5-7-11(13)24-4/h5-7H,1-4H3,(H2,18,21)(H,19,22). The number of aryl methyl sites for hydroxylation is 1. The van der Waals surface area contributed by atoms with Crippen LogP contribution in [0.4, 0.5) is 5.88 Å². The number of primary amides is 1. The van der Waals surface area contributed by atoms with Crippen LogP contribution in [0.5, 0.6) is 11.5 Å². The number of ketones is 1. The van der Waals surface area contributed by atoms with E-state index in [0.717, 1.165) is 0 Å². The van der Waals surface area contributed by atoms with Crippen LogP contribution in [0, 0.1) is 6.92 Å². The minimum Gasteiger partial charge on any atom is -0.496 e. The number of nitrogens with two attached hydrogens (primary N) is 1. The second kappa shape index (κ2) is 7.08. The van der Waals surface area contributed by atoms with Gasteiger partial charge in [-0.15, -0.1) is 0 Å². The highest BCUT2D eigenvalue weighted by atomic mass is 16.5. The number of nitrogens with one attached hydrogen (secondary N) is 1. The second-order valence-electron chi connectivity index (χ2n) is 5.15. The molecule has 2 amide bonds. The minimum atomic E-state index is -0.885. The van der Waals surface area contributed by atoms with Crippen LogP contribution in [-0.2, 0) is 0 Å². The maximum absolute atomic E-state index is 12.7. The molecule has 2 rings (SSSR count). The van der Waals surface area contributed by atoms with E-state index < -0.39 is 17.6 Å². The summed E-state index contributed by atoms with van der Waals surface area (Å²) >= 11 is 0. The lowest BCUT2D eigenvalue weighted by Gasteiger charge is -2.12. The van der Waals surface area contributed by atoms with Gasteiger partial charge in [0.15, 0.2) is 5.78 Å². The lowest BCUT2D eigenvalue weighted by Crippen LogP contribution is -2.19. The SMILES string of the molecule is COc1cccc(OC)c1C(=O)Nc1oc(C)c(C(C)=O)c1C(N)=O. The first-order chi connectivity index (χ1) is 11.8. The molecule has 8 heteroatoms. The number of hydrogen-bond acceptors (Lipinski definition) is 6. The number of carbonyl (C=O) groups is 3. The van der Waals surface area contributed by atoms with Crippen molar-refractivity contribution >= 4 is 23.5 Å². The molecule has 3 N–H and O–H groups in total. The molecule has 0 aliphatic carbocycles. The molecular formula is C17H18N2O6. The van der Waals surface area contributed by atoms with E-state index in [4.69, 9.17) is 19.6 Å². The van der Waals surface area contributed by atoms with Crippen molar-refractivity contribution in [2.75, 3.05) is 19.5 Å². The summed E-state index contributed by atoms with van der Waals surface area (Å²) in [4.78, 5) is 36.1. The van der Waals surface area contributed by atoms with Crippen LogP contribution >= 0.6 is 0 Å². The van der Waals surface area contributed by atoms with Crippen LogP contribution in [-0.4, -0.2) is 31.8 Å². The lowest BCUT2D eigenvalue weighted by atomic mass is 10.1. The highest BCUT2D eigenvalue weighted by molar-refractivity contribution is 6.14. The average molecular weight is 346 g/mol. The maximum Gasteiger partial charge on any atom is 0.265 e. The third-order valence-electron chi connectivity index (χ3n) is 3.56. The fraction of sp³-hybridized carbons (Fsp3) is 0.235. The molecule has 0 saturated carbocycles. The van der Waals surface area contributed by atoms with E-state index in [1.165, 1.54) is 28.1 Å². The monoisotopic (exact) mass is 346 g/mol. The average Bonchev–Trinajstić information content (AvgIpc) is 2.90. The van der Waals surface area contributed by atoms with E-state index in [0.29, 0.717) is 0 Å². The van der Waals surface area contributed by atoms with Crippen molar-refractivity contribution in [3.05, 3.63) is 40.6 Å². The Hall–Kier alpha value is -3.29. The Kier molecular flexibility index (Phi) is 5.11. The number of carbonyl (C=O) groups excluding carboxylic acids is 3. The first-order valence-electron chi connectivity index (χ1n) is 7.28. The second-order valence-corrected chi connectivity index (χ2v) is 5.15. The van der Waals surface area contributed by atoms with Crippen molar-refractivity contribution in [2.24, 2.45) is 5.73 Å². The molecule has 0 aliphatic rings. The number of hydrogen-bond donors (Lipinski definition) is 2. The zero-order valence-corrected chi connectivity index (χ0v) is 14.3. The molecule has 25 heavy (non-hydrogen) atoms. The number of rotatable bonds is 6. The van der Waals surface area contributed by atoms with Gasteiger partial charge in [0.05, 0.1) is 19.8 Å². The Morgan fingerprint density at radius 3 is 2.04 bits per heavy atom. The fourth-order valence-electron chi connectivity index (χ4n) is 2.53. The molecule has 0 unspecified atom stereocenters. The zero-order valence-electron chi connectivity index (χ0n) is 14.3. The van der Waals surface area contributed by atoms with Crippen LogP contribution in [0.3, 0.4) is 0 Å². The van der Waals surface area contributed by atoms with Crippen molar-refractivity contribution < 1.29 is 28.3 Å². The lowest BCUT2D eigenvalue weighted by molar-refractivity contribution is 0.0974. The van der Waals surface area contributed by atoms with Crippen LogP contribution in [0.15, 0.2) is 22.6 Å². The first-order valence-corrected chi connectivity index (χ1v) is 7.28. The predicted molar refractivity (Wildman–Crippen MR) is 89.5 cm³/mol. The van der Waals surface area contributed by atoms with Gasteiger partial charge >= 0.3 is 0 Å². The highest BCUT2D eigenvalue weighted by Crippen LogP contribution is 2.32. The zero-order chi connectivity index (χ0) is 18.7. The van der Waals surface area contributed by atoms with Gasteiger partial charge < -0.3 is 19.6 Å². The summed E-state index contributed by atoms with van der Waals surface area (Å²) in [6.07, 6.45) is 0. The van der Waals surface area contributed by atoms with Crippen LogP contribution in [0.25, 0.3) is 0 Å². The first kappa shape index (κ1) is 18.1. The maximum atomic E-state index is 12.7. The molecule has 1 aromatic heterocycles. The molecule has 8 nitrogen and oxygen atoms in total. The Morgan fingerprint density at radius 2 is 1.60 bits per heavy atom. The molecule has 0 radical (unpaired) electrons. The summed E-state index contributed by atoms with van der Waals surface area (Å²) in [6.45, 7) is 2.78. The molecule has 2 aromatic rings. The Labute approximate surface area is 143 Å². The number of benzene rings is 1. The van der Waals surface area contributed by atoms with Crippen molar-refractivity contribution in [1.82, 2.24) is 0 Å². The molecule has 0 bridgehead atoms. The van der Waals surface area contributed by atoms with E-state index >= 15 is 0 Å². The van der Waals surface area contributed by atoms with Gasteiger partial charge in [0.2, 0.25) is 5.88 Å². The van der Waals surface area contributed by atoms with Crippen LogP contribution in [0.1, 0.15) is 43.8 Å². The van der Waals surface area contributed by atoms with Crippen molar-refractivity contribution in [3.8, 4) is 11.5 Å². The van der Waals surface area contributed by atoms with E-state index in [1.807, 2.05) is 0 Å². The third kappa shape index (κ3) is 3.32. The molecule has 0 aliphatic heterocycles. The molecule has 1 aromatic carbocycles. The summed E-state index contributed by atoms with van der Waals surface area (Å²) in [5, 5.41) is 2.46. The predicted octanol–water partition coefficient (Wildman–Crippen LogP) is 2.16. The number of anilines is 1. The van der Waals surface area contributed by atoms with E-state index in [1.54, 1.807) is 18.2 Å². The van der Waals surface area contributed by atoms with E-state index in [2.05, 4.69) is 5.32 Å². The van der Waals surface area contributed by atoms with Gasteiger partial charge in [-0.2, -0.15) is 0 Å². The van der Waals surface area contributed by atoms with Gasteiger partial charge in [0, 0.05) is 0 Å². The Bertz CT molecular complexity index is 831. The molecule has 132 valence electrons. The summed E-state index contributed by atoms with van der Waals surface area (Å²) in [6, 6.07) is 4.83. The minimum absolute atomic E-state index is 0.0368. The number of furan rings is 1. The summed E-state index contributed by atoms with van der Waals surface area (Å²) in [7, 11) is 2.82.